The zero-order valence-corrected chi connectivity index (χ0v) is 7.33. The molecule has 0 unspecified atom stereocenters. The van der Waals surface area contributed by atoms with Gasteiger partial charge in [-0.2, -0.15) is 0 Å². The van der Waals surface area contributed by atoms with Crippen molar-refractivity contribution in [2.75, 3.05) is 13.1 Å². The van der Waals surface area contributed by atoms with Gasteiger partial charge in [-0.05, 0) is 0 Å². The summed E-state index contributed by atoms with van der Waals surface area (Å²) in [5, 5.41) is 3.37. The molecule has 0 saturated carbocycles. The van der Waals surface area contributed by atoms with Gasteiger partial charge in [0.05, 0.1) is 5.69 Å². The van der Waals surface area contributed by atoms with Gasteiger partial charge >= 0.3 is 0 Å². The van der Waals surface area contributed by atoms with Crippen LogP contribution in [-0.2, 0) is 6.54 Å². The first-order chi connectivity index (χ1) is 6.45. The molecule has 0 radical (unpaired) electrons. The molecule has 1 fully saturated rings. The van der Waals surface area contributed by atoms with E-state index < -0.39 is 0 Å². The molecule has 1 aliphatic rings. The fourth-order valence-electron chi connectivity index (χ4n) is 1.28. The van der Waals surface area contributed by atoms with Crippen molar-refractivity contribution in [1.29, 1.82) is 0 Å². The topological polar surface area (TPSA) is 61.9 Å². The smallest absolute Gasteiger partial charge is 0.0724 e. The summed E-state index contributed by atoms with van der Waals surface area (Å²) in [6.45, 7) is 2.70. The molecule has 3 N–H and O–H groups in total. The van der Waals surface area contributed by atoms with Crippen LogP contribution in [0, 0.1) is 0 Å². The predicted molar refractivity (Wildman–Crippen MR) is 48.7 cm³/mol. The van der Waals surface area contributed by atoms with Crippen molar-refractivity contribution in [2.24, 2.45) is 0 Å². The first-order valence-electron chi connectivity index (χ1n) is 4.39. The van der Waals surface area contributed by atoms with Crippen LogP contribution in [0.5, 0.6) is 0 Å². The van der Waals surface area contributed by atoms with E-state index in [0.717, 1.165) is 25.3 Å². The van der Waals surface area contributed by atoms with Gasteiger partial charge in [-0.15, -0.1) is 0 Å². The lowest BCUT2D eigenvalue weighted by atomic mass is 10.3. The highest BCUT2D eigenvalue weighted by Crippen LogP contribution is 1.92. The van der Waals surface area contributed by atoms with E-state index in [4.69, 9.17) is 0 Å². The average Bonchev–Trinajstić information content (AvgIpc) is 2.69. The molecule has 1 aromatic rings. The molecule has 0 bridgehead atoms. The molecule has 5 heteroatoms. The van der Waals surface area contributed by atoms with Crippen LogP contribution in [-0.4, -0.2) is 29.1 Å². The largest absolute Gasteiger partial charge is 0.306 e. The van der Waals surface area contributed by atoms with Crippen molar-refractivity contribution in [3.63, 3.8) is 0 Å². The van der Waals surface area contributed by atoms with Gasteiger partial charge in [-0.1, -0.05) is 0 Å². The quantitative estimate of drug-likeness (QED) is 0.558. The van der Waals surface area contributed by atoms with Crippen LogP contribution < -0.4 is 16.2 Å². The molecule has 1 aromatic heterocycles. The second-order valence-corrected chi connectivity index (χ2v) is 3.04. The fourth-order valence-corrected chi connectivity index (χ4v) is 1.28. The maximum Gasteiger partial charge on any atom is 0.0724 e. The summed E-state index contributed by atoms with van der Waals surface area (Å²) in [5.41, 5.74) is 7.10. The second kappa shape index (κ2) is 4.27. The van der Waals surface area contributed by atoms with E-state index in [1.54, 1.807) is 18.6 Å². The predicted octanol–water partition coefficient (Wildman–Crippen LogP) is -0.957. The lowest BCUT2D eigenvalue weighted by Crippen LogP contribution is -2.33. The highest BCUT2D eigenvalue weighted by Gasteiger charge is 2.12. The SMILES string of the molecule is c1cnc(CNC2CNNC2)cn1. The summed E-state index contributed by atoms with van der Waals surface area (Å²) >= 11 is 0. The van der Waals surface area contributed by atoms with E-state index in [1.807, 2.05) is 0 Å². The third kappa shape index (κ3) is 2.45. The van der Waals surface area contributed by atoms with Gasteiger partial charge in [0.15, 0.2) is 0 Å². The molecule has 5 nitrogen and oxygen atoms in total. The Morgan fingerprint density at radius 3 is 2.92 bits per heavy atom. The molecule has 2 rings (SSSR count). The summed E-state index contributed by atoms with van der Waals surface area (Å²) in [4.78, 5) is 8.17. The normalized spacial score (nSPS) is 17.8. The minimum Gasteiger partial charge on any atom is -0.306 e. The molecule has 0 atom stereocenters. The maximum absolute atomic E-state index is 4.17. The third-order valence-electron chi connectivity index (χ3n) is 2.01. The average molecular weight is 179 g/mol. The Bertz CT molecular complexity index is 244. The molecule has 0 spiro atoms. The minimum absolute atomic E-state index is 0.488. The Balaban J connectivity index is 1.79. The number of rotatable bonds is 3. The molecule has 0 amide bonds. The van der Waals surface area contributed by atoms with Gasteiger partial charge in [0.25, 0.3) is 0 Å². The highest BCUT2D eigenvalue weighted by atomic mass is 15.4. The Morgan fingerprint density at radius 1 is 1.38 bits per heavy atom. The molecule has 0 aromatic carbocycles. The molecule has 0 aliphatic carbocycles. The summed E-state index contributed by atoms with van der Waals surface area (Å²) in [6, 6.07) is 0.488. The lowest BCUT2D eigenvalue weighted by molar-refractivity contribution is 0.558. The monoisotopic (exact) mass is 179 g/mol. The standard InChI is InChI=1S/C8H13N5/c1-2-10-7(3-9-1)4-11-8-5-12-13-6-8/h1-3,8,11-13H,4-6H2. The van der Waals surface area contributed by atoms with Crippen LogP contribution in [0.3, 0.4) is 0 Å². The summed E-state index contributed by atoms with van der Waals surface area (Å²) in [6.07, 6.45) is 5.17. The molecule has 1 saturated heterocycles. The number of aromatic nitrogens is 2. The Morgan fingerprint density at radius 2 is 2.23 bits per heavy atom. The van der Waals surface area contributed by atoms with Crippen LogP contribution >= 0.6 is 0 Å². The fraction of sp³-hybridized carbons (Fsp3) is 0.500. The molecule has 1 aliphatic heterocycles. The van der Waals surface area contributed by atoms with Crippen molar-refractivity contribution >= 4 is 0 Å². The van der Waals surface area contributed by atoms with Gasteiger partial charge in [-0.25, -0.2) is 0 Å². The number of nitrogens with one attached hydrogen (secondary N) is 3. The van der Waals surface area contributed by atoms with Crippen LogP contribution in [0.25, 0.3) is 0 Å². The number of hydrogen-bond donors (Lipinski definition) is 3. The van der Waals surface area contributed by atoms with Crippen LogP contribution in [0.1, 0.15) is 5.69 Å². The van der Waals surface area contributed by atoms with Gasteiger partial charge < -0.3 is 5.32 Å². The van der Waals surface area contributed by atoms with Crippen molar-refractivity contribution in [1.82, 2.24) is 26.1 Å². The van der Waals surface area contributed by atoms with E-state index in [0.29, 0.717) is 6.04 Å². The second-order valence-electron chi connectivity index (χ2n) is 3.04. The highest BCUT2D eigenvalue weighted by molar-refractivity contribution is 4.94. The number of hydrogen-bond acceptors (Lipinski definition) is 5. The molecular formula is C8H13N5. The van der Waals surface area contributed by atoms with Gasteiger partial charge in [0, 0.05) is 44.3 Å². The Labute approximate surface area is 76.9 Å². The van der Waals surface area contributed by atoms with Crippen LogP contribution in [0.15, 0.2) is 18.6 Å². The lowest BCUT2D eigenvalue weighted by Gasteiger charge is -2.08. The zero-order chi connectivity index (χ0) is 8.93. The van der Waals surface area contributed by atoms with Gasteiger partial charge in [0.1, 0.15) is 0 Å². The van der Waals surface area contributed by atoms with Crippen molar-refractivity contribution < 1.29 is 0 Å². The Kier molecular flexibility index (Phi) is 2.81. The van der Waals surface area contributed by atoms with E-state index in [-0.39, 0.29) is 0 Å². The van der Waals surface area contributed by atoms with Gasteiger partial charge in [0.2, 0.25) is 0 Å². The van der Waals surface area contributed by atoms with E-state index >= 15 is 0 Å². The molecule has 2 heterocycles. The molecule has 70 valence electrons. The maximum atomic E-state index is 4.17. The summed E-state index contributed by atoms with van der Waals surface area (Å²) in [7, 11) is 0. The zero-order valence-electron chi connectivity index (χ0n) is 7.33. The van der Waals surface area contributed by atoms with E-state index in [9.17, 15) is 0 Å². The minimum atomic E-state index is 0.488. The first kappa shape index (κ1) is 8.55. The summed E-state index contributed by atoms with van der Waals surface area (Å²) in [5.74, 6) is 0. The van der Waals surface area contributed by atoms with E-state index in [2.05, 4.69) is 26.1 Å². The first-order valence-corrected chi connectivity index (χ1v) is 4.39. The van der Waals surface area contributed by atoms with Crippen LogP contribution in [0.4, 0.5) is 0 Å². The Hall–Kier alpha value is -1.04. The van der Waals surface area contributed by atoms with E-state index in [1.165, 1.54) is 0 Å². The van der Waals surface area contributed by atoms with Crippen molar-refractivity contribution in [3.8, 4) is 0 Å². The molecule has 13 heavy (non-hydrogen) atoms. The third-order valence-corrected chi connectivity index (χ3v) is 2.01. The summed E-state index contributed by atoms with van der Waals surface area (Å²) < 4.78 is 0. The molecular weight excluding hydrogens is 166 g/mol. The number of hydrazine groups is 1. The van der Waals surface area contributed by atoms with Crippen molar-refractivity contribution in [2.45, 2.75) is 12.6 Å². The number of nitrogens with zero attached hydrogens (tertiary/aromatic N) is 2. The van der Waals surface area contributed by atoms with Gasteiger partial charge in [-0.3, -0.25) is 20.8 Å². The van der Waals surface area contributed by atoms with Crippen molar-refractivity contribution in [3.05, 3.63) is 24.3 Å². The van der Waals surface area contributed by atoms with Crippen LogP contribution in [0.2, 0.25) is 0 Å².